The van der Waals surface area contributed by atoms with Crippen molar-refractivity contribution in [3.05, 3.63) is 41.7 Å². The SMILES string of the molecule is O=C(CSc1nncn1C1CC1)NCC#Cc1cccc(C(F)(F)F)c1. The Kier molecular flexibility index (Phi) is 5.52. The third-order valence-electron chi connectivity index (χ3n) is 3.61. The first-order valence-electron chi connectivity index (χ1n) is 7.88. The molecule has 1 saturated carbocycles. The van der Waals surface area contributed by atoms with Crippen LogP contribution in [0.1, 0.15) is 30.0 Å². The van der Waals surface area contributed by atoms with Crippen molar-refractivity contribution in [2.24, 2.45) is 0 Å². The van der Waals surface area contributed by atoms with Gasteiger partial charge in [0.1, 0.15) is 6.33 Å². The lowest BCUT2D eigenvalue weighted by Crippen LogP contribution is -2.25. The number of thioether (sulfide) groups is 1. The number of halogens is 3. The molecule has 0 saturated heterocycles. The number of nitrogens with one attached hydrogen (secondary N) is 1. The summed E-state index contributed by atoms with van der Waals surface area (Å²) >= 11 is 1.29. The van der Waals surface area contributed by atoms with E-state index in [1.807, 2.05) is 4.57 Å². The lowest BCUT2D eigenvalue weighted by molar-refractivity contribution is -0.137. The fraction of sp³-hybridized carbons (Fsp3) is 0.353. The summed E-state index contributed by atoms with van der Waals surface area (Å²) in [6.45, 7) is 0.0605. The second-order valence-electron chi connectivity index (χ2n) is 5.70. The van der Waals surface area contributed by atoms with Crippen LogP contribution in [0.3, 0.4) is 0 Å². The van der Waals surface area contributed by atoms with E-state index in [4.69, 9.17) is 0 Å². The molecule has 26 heavy (non-hydrogen) atoms. The van der Waals surface area contributed by atoms with Crippen molar-refractivity contribution in [1.82, 2.24) is 20.1 Å². The van der Waals surface area contributed by atoms with Crippen LogP contribution in [0.4, 0.5) is 13.2 Å². The maximum atomic E-state index is 12.6. The molecule has 1 amide bonds. The number of carbonyl (C=O) groups excluding carboxylic acids is 1. The van der Waals surface area contributed by atoms with E-state index in [9.17, 15) is 18.0 Å². The highest BCUT2D eigenvalue weighted by Crippen LogP contribution is 2.37. The van der Waals surface area contributed by atoms with Gasteiger partial charge in [0.15, 0.2) is 5.16 Å². The molecule has 1 N–H and O–H groups in total. The Morgan fingerprint density at radius 2 is 2.19 bits per heavy atom. The first kappa shape index (κ1) is 18.3. The van der Waals surface area contributed by atoms with Crippen LogP contribution in [0, 0.1) is 11.8 Å². The molecular formula is C17H15F3N4OS. The van der Waals surface area contributed by atoms with Crippen LogP contribution < -0.4 is 5.32 Å². The molecule has 0 bridgehead atoms. The molecule has 1 aliphatic rings. The number of benzene rings is 1. The summed E-state index contributed by atoms with van der Waals surface area (Å²) in [5.74, 6) is 5.22. The molecule has 1 heterocycles. The number of rotatable bonds is 5. The van der Waals surface area contributed by atoms with E-state index in [-0.39, 0.29) is 23.8 Å². The van der Waals surface area contributed by atoms with Crippen molar-refractivity contribution in [2.45, 2.75) is 30.2 Å². The number of hydrogen-bond donors (Lipinski definition) is 1. The normalized spacial score (nSPS) is 13.8. The van der Waals surface area contributed by atoms with Gasteiger partial charge in [-0.15, -0.1) is 10.2 Å². The number of aromatic nitrogens is 3. The van der Waals surface area contributed by atoms with Crippen LogP contribution in [0.2, 0.25) is 0 Å². The Morgan fingerprint density at radius 1 is 1.38 bits per heavy atom. The van der Waals surface area contributed by atoms with E-state index in [1.165, 1.54) is 23.9 Å². The topological polar surface area (TPSA) is 59.8 Å². The molecule has 1 fully saturated rings. The first-order valence-corrected chi connectivity index (χ1v) is 8.87. The van der Waals surface area contributed by atoms with Gasteiger partial charge in [0.05, 0.1) is 17.9 Å². The molecule has 0 radical (unpaired) electrons. The predicted molar refractivity (Wildman–Crippen MR) is 90.3 cm³/mol. The first-order chi connectivity index (χ1) is 12.4. The summed E-state index contributed by atoms with van der Waals surface area (Å²) in [5, 5.41) is 11.2. The van der Waals surface area contributed by atoms with Gasteiger partial charge in [0.25, 0.3) is 0 Å². The van der Waals surface area contributed by atoms with Gasteiger partial charge in [-0.05, 0) is 31.0 Å². The highest BCUT2D eigenvalue weighted by Gasteiger charge is 2.30. The summed E-state index contributed by atoms with van der Waals surface area (Å²) in [6, 6.07) is 5.21. The molecule has 0 unspecified atom stereocenters. The van der Waals surface area contributed by atoms with Gasteiger partial charge in [-0.3, -0.25) is 4.79 Å². The molecule has 3 rings (SSSR count). The average molecular weight is 380 g/mol. The zero-order valence-corrected chi connectivity index (χ0v) is 14.4. The van der Waals surface area contributed by atoms with Crippen molar-refractivity contribution >= 4 is 17.7 Å². The molecule has 1 aromatic heterocycles. The van der Waals surface area contributed by atoms with E-state index in [2.05, 4.69) is 27.4 Å². The summed E-state index contributed by atoms with van der Waals surface area (Å²) in [4.78, 5) is 11.8. The fourth-order valence-corrected chi connectivity index (χ4v) is 2.99. The third-order valence-corrected chi connectivity index (χ3v) is 4.57. The zero-order chi connectivity index (χ0) is 18.6. The Morgan fingerprint density at radius 3 is 2.92 bits per heavy atom. The van der Waals surface area contributed by atoms with Crippen LogP contribution >= 0.6 is 11.8 Å². The van der Waals surface area contributed by atoms with Gasteiger partial charge in [0, 0.05) is 11.6 Å². The van der Waals surface area contributed by atoms with Crippen LogP contribution in [-0.4, -0.2) is 33.0 Å². The summed E-state index contributed by atoms with van der Waals surface area (Å²) < 4.78 is 39.8. The quantitative estimate of drug-likeness (QED) is 0.640. The third kappa shape index (κ3) is 5.02. The number of amides is 1. The molecule has 5 nitrogen and oxygen atoms in total. The van der Waals surface area contributed by atoms with Crippen molar-refractivity contribution in [2.75, 3.05) is 12.3 Å². The van der Waals surface area contributed by atoms with Gasteiger partial charge in [-0.1, -0.05) is 29.7 Å². The molecular weight excluding hydrogens is 365 g/mol. The zero-order valence-electron chi connectivity index (χ0n) is 13.6. The van der Waals surface area contributed by atoms with Crippen LogP contribution in [0.15, 0.2) is 35.7 Å². The van der Waals surface area contributed by atoms with E-state index < -0.39 is 11.7 Å². The van der Waals surface area contributed by atoms with Gasteiger partial charge >= 0.3 is 6.18 Å². The molecule has 1 aliphatic carbocycles. The maximum absolute atomic E-state index is 12.6. The summed E-state index contributed by atoms with van der Waals surface area (Å²) in [5.41, 5.74) is -0.495. The minimum Gasteiger partial charge on any atom is -0.344 e. The van der Waals surface area contributed by atoms with Crippen molar-refractivity contribution in [1.29, 1.82) is 0 Å². The lowest BCUT2D eigenvalue weighted by Gasteiger charge is -2.05. The van der Waals surface area contributed by atoms with E-state index in [0.717, 1.165) is 25.0 Å². The standard InChI is InChI=1S/C17H15F3N4OS/c18-17(19,20)13-5-1-3-12(9-13)4-2-8-21-15(25)10-26-16-23-22-11-24(16)14-6-7-14/h1,3,5,9,11,14H,6-8,10H2,(H,21,25). The molecule has 136 valence electrons. The van der Waals surface area contributed by atoms with E-state index in [1.54, 1.807) is 6.33 Å². The largest absolute Gasteiger partial charge is 0.416 e. The van der Waals surface area contributed by atoms with Crippen LogP contribution in [0.5, 0.6) is 0 Å². The summed E-state index contributed by atoms with van der Waals surface area (Å²) in [6.07, 6.45) is -0.533. The molecule has 0 spiro atoms. The van der Waals surface area contributed by atoms with Crippen LogP contribution in [0.25, 0.3) is 0 Å². The monoisotopic (exact) mass is 380 g/mol. The Bertz CT molecular complexity index is 849. The van der Waals surface area contributed by atoms with E-state index >= 15 is 0 Å². The number of alkyl halides is 3. The smallest absolute Gasteiger partial charge is 0.344 e. The fourth-order valence-electron chi connectivity index (χ4n) is 2.18. The molecule has 2 aromatic rings. The number of nitrogens with zero attached hydrogens (tertiary/aromatic N) is 3. The molecule has 0 aliphatic heterocycles. The van der Waals surface area contributed by atoms with Gasteiger partial charge in [-0.2, -0.15) is 13.2 Å². The van der Waals surface area contributed by atoms with Crippen molar-refractivity contribution in [3.8, 4) is 11.8 Å². The second kappa shape index (κ2) is 7.83. The second-order valence-corrected chi connectivity index (χ2v) is 6.64. The molecule has 1 aromatic carbocycles. The predicted octanol–water partition coefficient (Wildman–Crippen LogP) is 2.89. The minimum atomic E-state index is -4.40. The minimum absolute atomic E-state index is 0.0605. The number of carbonyl (C=O) groups is 1. The highest BCUT2D eigenvalue weighted by molar-refractivity contribution is 7.99. The van der Waals surface area contributed by atoms with Crippen LogP contribution in [-0.2, 0) is 11.0 Å². The number of hydrogen-bond acceptors (Lipinski definition) is 4. The Hall–Kier alpha value is -2.47. The Balaban J connectivity index is 1.46. The Labute approximate surface area is 152 Å². The highest BCUT2D eigenvalue weighted by atomic mass is 32.2. The van der Waals surface area contributed by atoms with E-state index in [0.29, 0.717) is 11.2 Å². The maximum Gasteiger partial charge on any atom is 0.416 e. The van der Waals surface area contributed by atoms with Crippen molar-refractivity contribution < 1.29 is 18.0 Å². The molecule has 9 heteroatoms. The van der Waals surface area contributed by atoms with Gasteiger partial charge < -0.3 is 9.88 Å². The molecule has 0 atom stereocenters. The average Bonchev–Trinajstić information content (AvgIpc) is 3.34. The lowest BCUT2D eigenvalue weighted by atomic mass is 10.1. The van der Waals surface area contributed by atoms with Gasteiger partial charge in [-0.25, -0.2) is 0 Å². The van der Waals surface area contributed by atoms with Crippen molar-refractivity contribution in [3.63, 3.8) is 0 Å². The summed E-state index contributed by atoms with van der Waals surface area (Å²) in [7, 11) is 0. The van der Waals surface area contributed by atoms with Gasteiger partial charge in [0.2, 0.25) is 5.91 Å².